The van der Waals surface area contributed by atoms with Crippen molar-refractivity contribution < 1.29 is 9.59 Å². The van der Waals surface area contributed by atoms with E-state index in [1.54, 1.807) is 0 Å². The third-order valence-corrected chi connectivity index (χ3v) is 4.71. The van der Waals surface area contributed by atoms with E-state index in [-0.39, 0.29) is 17.1 Å². The van der Waals surface area contributed by atoms with Crippen molar-refractivity contribution in [3.05, 3.63) is 59.7 Å². The molecule has 0 fully saturated rings. The van der Waals surface area contributed by atoms with Gasteiger partial charge in [-0.1, -0.05) is 36.8 Å². The molecule has 25 heavy (non-hydrogen) atoms. The first kappa shape index (κ1) is 17.2. The van der Waals surface area contributed by atoms with E-state index in [0.717, 1.165) is 39.2 Å². The summed E-state index contributed by atoms with van der Waals surface area (Å²) in [6, 6.07) is 15.3. The van der Waals surface area contributed by atoms with Gasteiger partial charge in [-0.25, -0.2) is 5.43 Å². The monoisotopic (exact) mass is 353 g/mol. The maximum atomic E-state index is 12.1. The minimum absolute atomic E-state index is 0.0618. The maximum Gasteiger partial charge on any atom is 0.288 e. The molecule has 0 saturated carbocycles. The molecule has 6 heteroatoms. The molecule has 1 aliphatic rings. The van der Waals surface area contributed by atoms with Gasteiger partial charge in [-0.2, -0.15) is 5.10 Å². The fourth-order valence-electron chi connectivity index (χ4n) is 2.58. The first-order valence-corrected chi connectivity index (χ1v) is 8.85. The Labute approximate surface area is 150 Å². The molecule has 0 spiro atoms. The van der Waals surface area contributed by atoms with Crippen LogP contribution in [0.5, 0.6) is 0 Å². The van der Waals surface area contributed by atoms with E-state index >= 15 is 0 Å². The van der Waals surface area contributed by atoms with E-state index in [2.05, 4.69) is 15.8 Å². The lowest BCUT2D eigenvalue weighted by Gasteiger charge is -2.19. The van der Waals surface area contributed by atoms with E-state index in [1.807, 2.05) is 62.4 Å². The van der Waals surface area contributed by atoms with E-state index in [0.29, 0.717) is 6.42 Å². The second kappa shape index (κ2) is 7.53. The summed E-state index contributed by atoms with van der Waals surface area (Å²) in [5, 5.41) is 6.88. The van der Waals surface area contributed by atoms with Gasteiger partial charge in [-0.3, -0.25) is 9.59 Å². The number of rotatable bonds is 3. The van der Waals surface area contributed by atoms with Crippen LogP contribution in [0.1, 0.15) is 24.5 Å². The Morgan fingerprint density at radius 3 is 2.48 bits per heavy atom. The lowest BCUT2D eigenvalue weighted by atomic mass is 9.94. The van der Waals surface area contributed by atoms with Crippen LogP contribution in [0, 0.1) is 12.8 Å². The molecule has 0 radical (unpaired) electrons. The molecule has 5 nitrogen and oxygen atoms in total. The Bertz CT molecular complexity index is 814. The Morgan fingerprint density at radius 1 is 1.16 bits per heavy atom. The summed E-state index contributed by atoms with van der Waals surface area (Å²) in [4.78, 5) is 24.4. The van der Waals surface area contributed by atoms with Crippen LogP contribution in [-0.4, -0.2) is 16.9 Å². The minimum atomic E-state index is -0.132. The highest BCUT2D eigenvalue weighted by atomic mass is 32.2. The van der Waals surface area contributed by atoms with Crippen LogP contribution in [0.15, 0.2) is 58.5 Å². The van der Waals surface area contributed by atoms with Gasteiger partial charge < -0.3 is 5.32 Å². The fourth-order valence-corrected chi connectivity index (χ4v) is 3.24. The topological polar surface area (TPSA) is 70.6 Å². The zero-order valence-electron chi connectivity index (χ0n) is 14.1. The van der Waals surface area contributed by atoms with Gasteiger partial charge >= 0.3 is 0 Å². The number of hydrogen-bond acceptors (Lipinski definition) is 4. The number of nitrogens with zero attached hydrogens (tertiary/aromatic N) is 1. The van der Waals surface area contributed by atoms with Crippen molar-refractivity contribution >= 4 is 34.3 Å². The molecule has 0 bridgehead atoms. The molecule has 0 aliphatic carbocycles. The third kappa shape index (κ3) is 4.48. The number of hydrazone groups is 1. The molecular formula is C19H19N3O2S. The Balaban J connectivity index is 1.63. The third-order valence-electron chi connectivity index (χ3n) is 3.92. The van der Waals surface area contributed by atoms with E-state index in [1.165, 1.54) is 0 Å². The van der Waals surface area contributed by atoms with Crippen LogP contribution < -0.4 is 10.7 Å². The van der Waals surface area contributed by atoms with Crippen LogP contribution in [0.4, 0.5) is 10.5 Å². The summed E-state index contributed by atoms with van der Waals surface area (Å²) in [5.74, 6) is 0.0135. The number of hydrogen-bond donors (Lipinski definition) is 2. The maximum absolute atomic E-state index is 12.1. The van der Waals surface area contributed by atoms with E-state index in [9.17, 15) is 9.59 Å². The van der Waals surface area contributed by atoms with Crippen LogP contribution >= 0.6 is 11.8 Å². The van der Waals surface area contributed by atoms with Crippen LogP contribution in [0.3, 0.4) is 0 Å². The van der Waals surface area contributed by atoms with Gasteiger partial charge in [0.2, 0.25) is 5.91 Å². The molecule has 1 heterocycles. The predicted molar refractivity (Wildman–Crippen MR) is 101 cm³/mol. The minimum Gasteiger partial charge on any atom is -0.317 e. The van der Waals surface area contributed by atoms with Crippen LogP contribution in [0.25, 0.3) is 0 Å². The lowest BCUT2D eigenvalue weighted by molar-refractivity contribution is -0.121. The van der Waals surface area contributed by atoms with Crippen molar-refractivity contribution in [2.45, 2.75) is 25.2 Å². The van der Waals surface area contributed by atoms with Gasteiger partial charge in [0.1, 0.15) is 0 Å². The number of nitrogens with one attached hydrogen (secondary N) is 2. The number of amides is 2. The number of benzene rings is 2. The Hall–Kier alpha value is -2.60. The Kier molecular flexibility index (Phi) is 5.19. The average Bonchev–Trinajstić information content (AvgIpc) is 2.58. The zero-order chi connectivity index (χ0) is 17.8. The summed E-state index contributed by atoms with van der Waals surface area (Å²) in [7, 11) is 0. The van der Waals surface area contributed by atoms with Gasteiger partial charge in [0.05, 0.1) is 5.71 Å². The van der Waals surface area contributed by atoms with Gasteiger partial charge in [-0.15, -0.1) is 0 Å². The molecule has 1 aliphatic heterocycles. The van der Waals surface area contributed by atoms with E-state index < -0.39 is 0 Å². The molecular weight excluding hydrogens is 334 g/mol. The molecule has 2 aromatic carbocycles. The van der Waals surface area contributed by atoms with Crippen LogP contribution in [-0.2, 0) is 4.79 Å². The molecule has 1 unspecified atom stereocenters. The first-order chi connectivity index (χ1) is 12.0. The normalized spacial score (nSPS) is 16.8. The smallest absolute Gasteiger partial charge is 0.288 e. The largest absolute Gasteiger partial charge is 0.317 e. The van der Waals surface area contributed by atoms with Crippen molar-refractivity contribution in [3.63, 3.8) is 0 Å². The van der Waals surface area contributed by atoms with Gasteiger partial charge in [0, 0.05) is 22.9 Å². The zero-order valence-corrected chi connectivity index (χ0v) is 14.9. The lowest BCUT2D eigenvalue weighted by Crippen LogP contribution is -2.31. The van der Waals surface area contributed by atoms with Gasteiger partial charge in [-0.05, 0) is 48.5 Å². The van der Waals surface area contributed by atoms with Crippen molar-refractivity contribution in [2.75, 3.05) is 5.32 Å². The molecule has 2 aromatic rings. The molecule has 3 rings (SSSR count). The average molecular weight is 353 g/mol. The summed E-state index contributed by atoms with van der Waals surface area (Å²) >= 11 is 1.16. The molecule has 2 N–H and O–H groups in total. The molecule has 1 atom stereocenters. The van der Waals surface area contributed by atoms with Gasteiger partial charge in [0.15, 0.2) is 0 Å². The second-order valence-electron chi connectivity index (χ2n) is 6.04. The fraction of sp³-hybridized carbons (Fsp3) is 0.211. The highest BCUT2D eigenvalue weighted by Crippen LogP contribution is 2.22. The van der Waals surface area contributed by atoms with E-state index in [4.69, 9.17) is 0 Å². The summed E-state index contributed by atoms with van der Waals surface area (Å²) < 4.78 is 0. The highest BCUT2D eigenvalue weighted by molar-refractivity contribution is 8.13. The molecule has 0 aromatic heterocycles. The van der Waals surface area contributed by atoms with Crippen LogP contribution in [0.2, 0.25) is 0 Å². The van der Waals surface area contributed by atoms with Crippen molar-refractivity contribution in [2.24, 2.45) is 11.0 Å². The number of carbonyl (C=O) groups excluding carboxylic acids is 2. The summed E-state index contributed by atoms with van der Waals surface area (Å²) in [5.41, 5.74) is 6.20. The molecule has 0 saturated heterocycles. The summed E-state index contributed by atoms with van der Waals surface area (Å²) in [6.07, 6.45) is 0.435. The summed E-state index contributed by atoms with van der Waals surface area (Å²) in [6.45, 7) is 3.99. The van der Waals surface area contributed by atoms with Crippen molar-refractivity contribution in [1.82, 2.24) is 5.43 Å². The van der Waals surface area contributed by atoms with Gasteiger partial charge in [0.25, 0.3) is 5.24 Å². The Morgan fingerprint density at radius 2 is 1.84 bits per heavy atom. The molecule has 2 amide bonds. The first-order valence-electron chi connectivity index (χ1n) is 8.03. The quantitative estimate of drug-likeness (QED) is 0.813. The number of carbonyl (C=O) groups is 2. The highest BCUT2D eigenvalue weighted by Gasteiger charge is 2.21. The van der Waals surface area contributed by atoms with Crippen molar-refractivity contribution in [3.8, 4) is 0 Å². The number of thioether (sulfide) groups is 1. The molecule has 128 valence electrons. The SMILES string of the molecule is Cc1ccc(SC(=O)Nc2ccc(C3=NNC(=O)CC3C)cc2)cc1. The number of aryl methyl sites for hydroxylation is 1. The number of anilines is 1. The van der Waals surface area contributed by atoms with Crippen molar-refractivity contribution in [1.29, 1.82) is 0 Å². The predicted octanol–water partition coefficient (Wildman–Crippen LogP) is 4.18. The standard InChI is InChI=1S/C19H19N3O2S/c1-12-3-9-16(10-4-12)25-19(24)20-15-7-5-14(6-8-15)18-13(2)11-17(23)21-22-18/h3-10,13H,11H2,1-2H3,(H,20,24)(H,21,23). The second-order valence-corrected chi connectivity index (χ2v) is 7.09.